The highest BCUT2D eigenvalue weighted by atomic mass is 35.5. The van der Waals surface area contributed by atoms with Crippen LogP contribution in [0.1, 0.15) is 12.0 Å². The number of morpholine rings is 1. The lowest BCUT2D eigenvalue weighted by Gasteiger charge is -2.26. The highest BCUT2D eigenvalue weighted by molar-refractivity contribution is 5.85. The molecule has 0 amide bonds. The summed E-state index contributed by atoms with van der Waals surface area (Å²) in [5.74, 6) is 2.05. The van der Waals surface area contributed by atoms with Gasteiger partial charge < -0.3 is 24.3 Å². The van der Waals surface area contributed by atoms with Gasteiger partial charge in [0.1, 0.15) is 0 Å². The second-order valence-corrected chi connectivity index (χ2v) is 5.48. The zero-order valence-electron chi connectivity index (χ0n) is 15.2. The molecule has 0 saturated carbocycles. The fourth-order valence-corrected chi connectivity index (χ4v) is 2.78. The van der Waals surface area contributed by atoms with E-state index in [0.29, 0.717) is 11.5 Å². The summed E-state index contributed by atoms with van der Waals surface area (Å²) in [5.41, 5.74) is 1.07. The van der Waals surface area contributed by atoms with Gasteiger partial charge in [0, 0.05) is 25.2 Å². The average molecular weight is 397 g/mol. The van der Waals surface area contributed by atoms with E-state index in [9.17, 15) is 0 Å². The molecule has 1 heterocycles. The van der Waals surface area contributed by atoms with Gasteiger partial charge >= 0.3 is 0 Å². The molecule has 1 aliphatic rings. The van der Waals surface area contributed by atoms with E-state index in [-0.39, 0.29) is 24.8 Å². The molecular formula is C17H30Cl2N2O4. The fraction of sp³-hybridized carbons (Fsp3) is 0.647. The molecule has 1 saturated heterocycles. The average Bonchev–Trinajstić information content (AvgIpc) is 2.61. The van der Waals surface area contributed by atoms with Gasteiger partial charge in [-0.15, -0.1) is 24.8 Å². The van der Waals surface area contributed by atoms with Gasteiger partial charge in [0.2, 0.25) is 5.75 Å². The molecule has 1 aromatic carbocycles. The van der Waals surface area contributed by atoms with Crippen LogP contribution >= 0.6 is 24.8 Å². The lowest BCUT2D eigenvalue weighted by Crippen LogP contribution is -2.37. The minimum atomic E-state index is 0. The van der Waals surface area contributed by atoms with Crippen LogP contribution in [0.4, 0.5) is 0 Å². The first kappa shape index (κ1) is 24.1. The number of halogens is 2. The highest BCUT2D eigenvalue weighted by Crippen LogP contribution is 2.39. The van der Waals surface area contributed by atoms with Crippen molar-refractivity contribution in [3.05, 3.63) is 17.7 Å². The van der Waals surface area contributed by atoms with Crippen LogP contribution in [0.2, 0.25) is 0 Å². The smallest absolute Gasteiger partial charge is 0.203 e. The molecule has 25 heavy (non-hydrogen) atoms. The quantitative estimate of drug-likeness (QED) is 0.646. The number of nitrogens with zero attached hydrogens (tertiary/aromatic N) is 1. The molecule has 0 aliphatic carbocycles. The van der Waals surface area contributed by atoms with E-state index < -0.39 is 0 Å². The molecule has 1 fully saturated rings. The van der Waals surface area contributed by atoms with Crippen molar-refractivity contribution in [2.24, 2.45) is 0 Å². The molecule has 8 heteroatoms. The van der Waals surface area contributed by atoms with Crippen molar-refractivity contribution in [2.75, 3.05) is 60.7 Å². The molecule has 6 nitrogen and oxygen atoms in total. The van der Waals surface area contributed by atoms with Crippen molar-refractivity contribution in [3.8, 4) is 17.2 Å². The van der Waals surface area contributed by atoms with Gasteiger partial charge in [-0.2, -0.15) is 0 Å². The maximum absolute atomic E-state index is 5.49. The van der Waals surface area contributed by atoms with Crippen LogP contribution in [0.15, 0.2) is 12.1 Å². The van der Waals surface area contributed by atoms with Crippen LogP contribution in [0.5, 0.6) is 17.2 Å². The number of nitrogens with one attached hydrogen (secondary N) is 1. The van der Waals surface area contributed by atoms with Crippen molar-refractivity contribution in [2.45, 2.75) is 13.0 Å². The number of ether oxygens (including phenoxy) is 4. The van der Waals surface area contributed by atoms with Gasteiger partial charge in [0.15, 0.2) is 11.5 Å². The maximum Gasteiger partial charge on any atom is 0.203 e. The molecule has 1 aliphatic heterocycles. The normalized spacial score (nSPS) is 14.2. The first-order chi connectivity index (χ1) is 11.3. The first-order valence-corrected chi connectivity index (χ1v) is 8.08. The van der Waals surface area contributed by atoms with Gasteiger partial charge in [-0.05, 0) is 25.6 Å². The molecule has 1 aromatic rings. The fourth-order valence-electron chi connectivity index (χ4n) is 2.78. The summed E-state index contributed by atoms with van der Waals surface area (Å²) >= 11 is 0. The highest BCUT2D eigenvalue weighted by Gasteiger charge is 2.15. The second kappa shape index (κ2) is 13.3. The molecule has 0 unspecified atom stereocenters. The minimum absolute atomic E-state index is 0. The van der Waals surface area contributed by atoms with Crippen LogP contribution in [0, 0.1) is 0 Å². The summed E-state index contributed by atoms with van der Waals surface area (Å²) in [5, 5.41) is 3.47. The number of benzene rings is 1. The van der Waals surface area contributed by atoms with Crippen molar-refractivity contribution in [1.29, 1.82) is 0 Å². The Balaban J connectivity index is 0.00000288. The number of hydrogen-bond donors (Lipinski definition) is 1. The Labute approximate surface area is 163 Å². The summed E-state index contributed by atoms with van der Waals surface area (Å²) in [7, 11) is 4.90. The van der Waals surface area contributed by atoms with Crippen molar-refractivity contribution in [1.82, 2.24) is 10.2 Å². The summed E-state index contributed by atoms with van der Waals surface area (Å²) in [6, 6.07) is 3.92. The maximum atomic E-state index is 5.49. The van der Waals surface area contributed by atoms with Gasteiger partial charge in [0.05, 0.1) is 34.5 Å². The summed E-state index contributed by atoms with van der Waals surface area (Å²) in [6.07, 6.45) is 1.12. The van der Waals surface area contributed by atoms with Crippen molar-refractivity contribution >= 4 is 24.8 Å². The zero-order valence-corrected chi connectivity index (χ0v) is 16.8. The Kier molecular flexibility index (Phi) is 12.8. The molecule has 146 valence electrons. The van der Waals surface area contributed by atoms with Gasteiger partial charge in [0.25, 0.3) is 0 Å². The standard InChI is InChI=1S/C17H28N2O4.2ClH/c1-20-15-6-5-14(16(21-2)17(15)22-3)13-18-7-4-8-19-9-11-23-12-10-19;;/h5-6,18H,4,7-13H2,1-3H3;2*1H. The summed E-state index contributed by atoms with van der Waals surface area (Å²) in [6.45, 7) is 6.63. The van der Waals surface area contributed by atoms with Crippen molar-refractivity contribution in [3.63, 3.8) is 0 Å². The van der Waals surface area contributed by atoms with Gasteiger partial charge in [-0.25, -0.2) is 0 Å². The monoisotopic (exact) mass is 396 g/mol. The molecule has 0 bridgehead atoms. The topological polar surface area (TPSA) is 52.2 Å². The third kappa shape index (κ3) is 7.07. The second-order valence-electron chi connectivity index (χ2n) is 5.48. The third-order valence-electron chi connectivity index (χ3n) is 4.03. The van der Waals surface area contributed by atoms with E-state index in [4.69, 9.17) is 18.9 Å². The Morgan fingerprint density at radius 2 is 1.68 bits per heavy atom. The van der Waals surface area contributed by atoms with Crippen molar-refractivity contribution < 1.29 is 18.9 Å². The predicted molar refractivity (Wildman–Crippen MR) is 104 cm³/mol. The van der Waals surface area contributed by atoms with E-state index in [1.807, 2.05) is 12.1 Å². The summed E-state index contributed by atoms with van der Waals surface area (Å²) in [4.78, 5) is 2.45. The van der Waals surface area contributed by atoms with Crippen LogP contribution in [-0.2, 0) is 11.3 Å². The SMILES string of the molecule is COc1ccc(CNCCCN2CCOCC2)c(OC)c1OC.Cl.Cl. The molecule has 0 atom stereocenters. The lowest BCUT2D eigenvalue weighted by atomic mass is 10.1. The van der Waals surface area contributed by atoms with Crippen LogP contribution in [-0.4, -0.2) is 65.6 Å². The predicted octanol–water partition coefficient (Wildman–Crippen LogP) is 2.37. The summed E-state index contributed by atoms with van der Waals surface area (Å²) < 4.78 is 21.6. The number of rotatable bonds is 9. The number of methoxy groups -OCH3 is 3. The van der Waals surface area contributed by atoms with E-state index >= 15 is 0 Å². The zero-order chi connectivity index (χ0) is 16.5. The van der Waals surface area contributed by atoms with Gasteiger partial charge in [-0.3, -0.25) is 4.90 Å². The number of hydrogen-bond acceptors (Lipinski definition) is 6. The van der Waals surface area contributed by atoms with E-state index in [2.05, 4.69) is 10.2 Å². The van der Waals surface area contributed by atoms with Crippen LogP contribution < -0.4 is 19.5 Å². The van der Waals surface area contributed by atoms with E-state index in [1.54, 1.807) is 21.3 Å². The third-order valence-corrected chi connectivity index (χ3v) is 4.03. The molecule has 1 N–H and O–H groups in total. The Bertz CT molecular complexity index is 486. The Morgan fingerprint density at radius 3 is 2.28 bits per heavy atom. The molecular weight excluding hydrogens is 367 g/mol. The molecule has 0 radical (unpaired) electrons. The van der Waals surface area contributed by atoms with E-state index in [0.717, 1.165) is 63.7 Å². The first-order valence-electron chi connectivity index (χ1n) is 8.08. The van der Waals surface area contributed by atoms with E-state index in [1.165, 1.54) is 0 Å². The largest absolute Gasteiger partial charge is 0.493 e. The van der Waals surface area contributed by atoms with Crippen LogP contribution in [0.3, 0.4) is 0 Å². The Hall–Kier alpha value is -0.920. The van der Waals surface area contributed by atoms with Crippen LogP contribution in [0.25, 0.3) is 0 Å². The minimum Gasteiger partial charge on any atom is -0.493 e. The Morgan fingerprint density at radius 1 is 1.00 bits per heavy atom. The van der Waals surface area contributed by atoms with Gasteiger partial charge in [-0.1, -0.05) is 6.07 Å². The molecule has 0 spiro atoms. The molecule has 0 aromatic heterocycles. The lowest BCUT2D eigenvalue weighted by molar-refractivity contribution is 0.0374. The molecule has 2 rings (SSSR count).